The molecular weight excluding hydrogens is 402 g/mol. The summed E-state index contributed by atoms with van der Waals surface area (Å²) in [5, 5.41) is 3.42. The molecule has 0 radical (unpaired) electrons. The van der Waals surface area contributed by atoms with Crippen molar-refractivity contribution in [2.24, 2.45) is 5.92 Å². The number of piperidine rings is 3. The zero-order valence-corrected chi connectivity index (χ0v) is 18.3. The molecule has 158 valence electrons. The van der Waals surface area contributed by atoms with Crippen LogP contribution in [0.4, 0.5) is 0 Å². The predicted molar refractivity (Wildman–Crippen MR) is 124 cm³/mol. The van der Waals surface area contributed by atoms with Gasteiger partial charge < -0.3 is 5.32 Å². The van der Waals surface area contributed by atoms with Gasteiger partial charge in [-0.1, -0.05) is 42.1 Å². The van der Waals surface area contributed by atoms with Crippen LogP contribution in [-0.2, 0) is 6.42 Å². The van der Waals surface area contributed by atoms with E-state index in [9.17, 15) is 4.79 Å². The Balaban J connectivity index is 1.32. The van der Waals surface area contributed by atoms with Crippen LogP contribution < -0.4 is 5.32 Å². The van der Waals surface area contributed by atoms with Gasteiger partial charge in [0.2, 0.25) is 0 Å². The molecule has 0 unspecified atom stereocenters. The van der Waals surface area contributed by atoms with Gasteiger partial charge in [0.15, 0.2) is 0 Å². The molecule has 3 aliphatic rings. The third-order valence-electron chi connectivity index (χ3n) is 6.51. The van der Waals surface area contributed by atoms with Crippen LogP contribution in [0, 0.1) is 5.92 Å². The van der Waals surface area contributed by atoms with Crippen molar-refractivity contribution in [2.75, 3.05) is 13.1 Å². The fourth-order valence-electron chi connectivity index (χ4n) is 4.94. The Morgan fingerprint density at radius 1 is 1.00 bits per heavy atom. The minimum Gasteiger partial charge on any atom is -0.347 e. The summed E-state index contributed by atoms with van der Waals surface area (Å²) in [7, 11) is 0. The molecule has 3 saturated heterocycles. The average molecular weight is 430 g/mol. The molecule has 1 amide bonds. The van der Waals surface area contributed by atoms with Gasteiger partial charge in [-0.15, -0.1) is 0 Å². The van der Waals surface area contributed by atoms with Crippen molar-refractivity contribution >= 4 is 17.7 Å². The zero-order valence-electron chi connectivity index (χ0n) is 17.5. The third-order valence-corrected chi connectivity index (χ3v) is 7.50. The maximum atomic E-state index is 13.2. The van der Waals surface area contributed by atoms with E-state index >= 15 is 0 Å². The van der Waals surface area contributed by atoms with Gasteiger partial charge in [0, 0.05) is 39.8 Å². The molecule has 3 aliphatic heterocycles. The normalized spacial score (nSPS) is 24.6. The smallest absolute Gasteiger partial charge is 0.251 e. The van der Waals surface area contributed by atoms with Gasteiger partial charge in [-0.25, -0.2) is 0 Å². The molecule has 3 aromatic rings. The first-order valence-electron chi connectivity index (χ1n) is 11.0. The van der Waals surface area contributed by atoms with Gasteiger partial charge in [-0.05, 0) is 80.2 Å². The van der Waals surface area contributed by atoms with E-state index in [1.54, 1.807) is 11.8 Å². The molecule has 1 N–H and O–H groups in total. The summed E-state index contributed by atoms with van der Waals surface area (Å²) in [6.45, 7) is 2.26. The van der Waals surface area contributed by atoms with Crippen LogP contribution >= 0.6 is 11.8 Å². The van der Waals surface area contributed by atoms with Crippen LogP contribution in [0.2, 0.25) is 0 Å². The Kier molecular flexibility index (Phi) is 6.05. The maximum absolute atomic E-state index is 13.2. The van der Waals surface area contributed by atoms with Crippen LogP contribution in [0.3, 0.4) is 0 Å². The molecule has 2 aromatic carbocycles. The Hall–Kier alpha value is -2.63. The van der Waals surface area contributed by atoms with E-state index in [1.165, 1.54) is 23.3 Å². The van der Waals surface area contributed by atoms with Gasteiger partial charge >= 0.3 is 0 Å². The van der Waals surface area contributed by atoms with E-state index in [1.807, 2.05) is 54.9 Å². The van der Waals surface area contributed by atoms with Gasteiger partial charge in [0.25, 0.3) is 5.91 Å². The summed E-state index contributed by atoms with van der Waals surface area (Å²) >= 11 is 1.68. The first-order chi connectivity index (χ1) is 15.3. The van der Waals surface area contributed by atoms with Crippen LogP contribution in [0.1, 0.15) is 28.8 Å². The maximum Gasteiger partial charge on any atom is 0.251 e. The highest BCUT2D eigenvalue weighted by molar-refractivity contribution is 7.99. The van der Waals surface area contributed by atoms with E-state index in [0.29, 0.717) is 12.0 Å². The lowest BCUT2D eigenvalue weighted by Gasteiger charge is -2.51. The number of nitrogens with one attached hydrogen (secondary N) is 1. The third kappa shape index (κ3) is 4.68. The van der Waals surface area contributed by atoms with Gasteiger partial charge in [-0.2, -0.15) is 0 Å². The quantitative estimate of drug-likeness (QED) is 0.619. The summed E-state index contributed by atoms with van der Waals surface area (Å²) < 4.78 is 0. The predicted octanol–water partition coefficient (Wildman–Crippen LogP) is 4.67. The number of carbonyl (C=O) groups excluding carboxylic acids is 1. The van der Waals surface area contributed by atoms with Crippen LogP contribution in [0.15, 0.2) is 88.9 Å². The van der Waals surface area contributed by atoms with Gasteiger partial charge in [0.1, 0.15) is 0 Å². The minimum absolute atomic E-state index is 0.0328. The molecule has 6 rings (SSSR count). The van der Waals surface area contributed by atoms with E-state index in [2.05, 4.69) is 39.5 Å². The average Bonchev–Trinajstić information content (AvgIpc) is 2.83. The summed E-state index contributed by atoms with van der Waals surface area (Å²) in [4.78, 5) is 22.3. The van der Waals surface area contributed by atoms with Gasteiger partial charge in [-0.3, -0.25) is 14.7 Å². The summed E-state index contributed by atoms with van der Waals surface area (Å²) in [6.07, 6.45) is 7.03. The van der Waals surface area contributed by atoms with E-state index < -0.39 is 0 Å². The van der Waals surface area contributed by atoms with Crippen molar-refractivity contribution in [2.45, 2.75) is 41.1 Å². The van der Waals surface area contributed by atoms with Crippen molar-refractivity contribution in [1.82, 2.24) is 15.2 Å². The molecule has 2 atom stereocenters. The second-order valence-electron chi connectivity index (χ2n) is 8.45. The number of pyridine rings is 1. The number of hydrogen-bond acceptors (Lipinski definition) is 4. The molecule has 0 saturated carbocycles. The van der Waals surface area contributed by atoms with Crippen molar-refractivity contribution in [3.63, 3.8) is 0 Å². The summed E-state index contributed by atoms with van der Waals surface area (Å²) in [5.74, 6) is 0.586. The Labute approximate surface area is 188 Å². The van der Waals surface area contributed by atoms with Crippen LogP contribution in [-0.4, -0.2) is 41.0 Å². The molecule has 0 spiro atoms. The largest absolute Gasteiger partial charge is 0.347 e. The second-order valence-corrected chi connectivity index (χ2v) is 9.60. The van der Waals surface area contributed by atoms with E-state index in [0.717, 1.165) is 30.0 Å². The Morgan fingerprint density at radius 2 is 1.81 bits per heavy atom. The van der Waals surface area contributed by atoms with Crippen molar-refractivity contribution in [3.05, 3.63) is 90.3 Å². The molecule has 4 nitrogen and oxygen atoms in total. The second kappa shape index (κ2) is 9.25. The van der Waals surface area contributed by atoms with Crippen molar-refractivity contribution in [3.8, 4) is 0 Å². The fraction of sp³-hybridized carbons (Fsp3) is 0.308. The molecule has 3 fully saturated rings. The highest BCUT2D eigenvalue weighted by Crippen LogP contribution is 2.34. The minimum atomic E-state index is 0.0328. The van der Waals surface area contributed by atoms with E-state index in [-0.39, 0.29) is 11.9 Å². The molecule has 1 aromatic heterocycles. The standard InChI is InChI=1S/C26H27N3OS/c30-26(21-7-4-10-23(17-21)31-22-8-2-1-3-9-22)28-25-20-11-14-29(15-12-20)24(25)16-19-6-5-13-27-18-19/h1-10,13,17-18,20,24-25H,11-12,14-16H2,(H,28,30)/t24-,25-/m1/s1. The zero-order chi connectivity index (χ0) is 21.0. The van der Waals surface area contributed by atoms with Crippen LogP contribution in [0.5, 0.6) is 0 Å². The molecule has 5 heteroatoms. The summed E-state index contributed by atoms with van der Waals surface area (Å²) in [6, 6.07) is 22.9. The lowest BCUT2D eigenvalue weighted by Crippen LogP contribution is -2.64. The van der Waals surface area contributed by atoms with Crippen molar-refractivity contribution in [1.29, 1.82) is 0 Å². The number of carbonyl (C=O) groups is 1. The molecule has 31 heavy (non-hydrogen) atoms. The Morgan fingerprint density at radius 3 is 2.58 bits per heavy atom. The lowest BCUT2D eigenvalue weighted by molar-refractivity contribution is 0.0136. The highest BCUT2D eigenvalue weighted by atomic mass is 32.2. The topological polar surface area (TPSA) is 45.2 Å². The number of fused-ring (bicyclic) bond motifs is 3. The number of nitrogens with zero attached hydrogens (tertiary/aromatic N) is 2. The number of rotatable bonds is 6. The lowest BCUT2D eigenvalue weighted by atomic mass is 9.76. The molecule has 2 bridgehead atoms. The molecular formula is C26H27N3OS. The highest BCUT2D eigenvalue weighted by Gasteiger charge is 2.42. The monoisotopic (exact) mass is 429 g/mol. The Bertz CT molecular complexity index is 1020. The fourth-order valence-corrected chi connectivity index (χ4v) is 5.84. The van der Waals surface area contributed by atoms with Gasteiger partial charge in [0.05, 0.1) is 0 Å². The van der Waals surface area contributed by atoms with Crippen LogP contribution in [0.25, 0.3) is 0 Å². The number of amides is 1. The van der Waals surface area contributed by atoms with E-state index in [4.69, 9.17) is 0 Å². The summed E-state index contributed by atoms with van der Waals surface area (Å²) in [5.41, 5.74) is 1.97. The number of benzene rings is 2. The first kappa shape index (κ1) is 20.3. The number of hydrogen-bond donors (Lipinski definition) is 1. The number of aromatic nitrogens is 1. The first-order valence-corrected chi connectivity index (χ1v) is 11.8. The van der Waals surface area contributed by atoms with Crippen molar-refractivity contribution < 1.29 is 4.79 Å². The molecule has 0 aliphatic carbocycles. The molecule has 4 heterocycles. The SMILES string of the molecule is O=C(N[C@@H]1C2CCN(CC2)[C@@H]1Cc1cccnc1)c1cccc(Sc2ccccc2)c1.